The zero-order valence-corrected chi connectivity index (χ0v) is 9.46. The first-order chi connectivity index (χ1) is 7.27. The van der Waals surface area contributed by atoms with E-state index in [0.29, 0.717) is 12.6 Å². The summed E-state index contributed by atoms with van der Waals surface area (Å²) >= 11 is 0. The number of rotatable bonds is 5. The molecule has 1 fully saturated rings. The second-order valence-electron chi connectivity index (χ2n) is 4.02. The molecule has 0 unspecified atom stereocenters. The van der Waals surface area contributed by atoms with Crippen LogP contribution in [0.1, 0.15) is 26.2 Å². The quantitative estimate of drug-likeness (QED) is 0.326. The minimum atomic E-state index is -0.0954. The second-order valence-corrected chi connectivity index (χ2v) is 4.02. The lowest BCUT2D eigenvalue weighted by Crippen LogP contribution is -2.48. The van der Waals surface area contributed by atoms with Crippen LogP contribution in [0.25, 0.3) is 0 Å². The van der Waals surface area contributed by atoms with Crippen LogP contribution in [0.3, 0.4) is 0 Å². The number of carbonyl (C=O) groups is 1. The van der Waals surface area contributed by atoms with E-state index in [1.165, 1.54) is 0 Å². The Labute approximate surface area is 91.3 Å². The summed E-state index contributed by atoms with van der Waals surface area (Å²) in [5.74, 6) is 5.01. The molecule has 1 saturated heterocycles. The van der Waals surface area contributed by atoms with Crippen molar-refractivity contribution in [2.75, 3.05) is 26.2 Å². The first kappa shape index (κ1) is 12.4. The molecule has 1 aliphatic heterocycles. The van der Waals surface area contributed by atoms with Crippen LogP contribution < -0.4 is 16.6 Å². The Morgan fingerprint density at radius 2 is 2.20 bits per heavy atom. The van der Waals surface area contributed by atoms with E-state index in [1.807, 2.05) is 0 Å². The molecule has 0 aromatic rings. The summed E-state index contributed by atoms with van der Waals surface area (Å²) in [4.78, 5) is 13.5. The fourth-order valence-electron chi connectivity index (χ4n) is 2.08. The van der Waals surface area contributed by atoms with Crippen LogP contribution in [0, 0.1) is 0 Å². The first-order valence-corrected chi connectivity index (χ1v) is 5.72. The van der Waals surface area contributed by atoms with Gasteiger partial charge in [0.05, 0.1) is 6.54 Å². The molecule has 0 saturated carbocycles. The number of hydrogen-bond donors (Lipinski definition) is 3. The fraction of sp³-hybridized carbons (Fsp3) is 0.900. The number of nitrogens with two attached hydrogens (primary N) is 1. The van der Waals surface area contributed by atoms with E-state index < -0.39 is 0 Å². The van der Waals surface area contributed by atoms with Crippen molar-refractivity contribution in [3.05, 3.63) is 0 Å². The summed E-state index contributed by atoms with van der Waals surface area (Å²) in [6.45, 7) is 5.63. The van der Waals surface area contributed by atoms with E-state index in [-0.39, 0.29) is 5.91 Å². The third kappa shape index (κ3) is 4.15. The van der Waals surface area contributed by atoms with Gasteiger partial charge in [-0.15, -0.1) is 0 Å². The third-order valence-corrected chi connectivity index (χ3v) is 2.84. The molecule has 15 heavy (non-hydrogen) atoms. The summed E-state index contributed by atoms with van der Waals surface area (Å²) in [7, 11) is 0. The average molecular weight is 214 g/mol. The Hall–Kier alpha value is -0.650. The number of nitrogens with zero attached hydrogens (tertiary/aromatic N) is 1. The van der Waals surface area contributed by atoms with Gasteiger partial charge in [-0.3, -0.25) is 15.1 Å². The number of hydrogen-bond acceptors (Lipinski definition) is 4. The van der Waals surface area contributed by atoms with Crippen molar-refractivity contribution in [3.63, 3.8) is 0 Å². The molecule has 0 spiro atoms. The predicted molar refractivity (Wildman–Crippen MR) is 60.1 cm³/mol. The van der Waals surface area contributed by atoms with Crippen molar-refractivity contribution in [2.45, 2.75) is 32.2 Å². The fourth-order valence-corrected chi connectivity index (χ4v) is 2.08. The molecule has 5 nitrogen and oxygen atoms in total. The topological polar surface area (TPSA) is 70.4 Å². The van der Waals surface area contributed by atoms with Gasteiger partial charge in [0.1, 0.15) is 0 Å². The normalized spacial score (nSPS) is 18.1. The Kier molecular flexibility index (Phi) is 5.60. The summed E-state index contributed by atoms with van der Waals surface area (Å²) < 4.78 is 0. The highest BCUT2D eigenvalue weighted by atomic mass is 16.2. The molecule has 0 radical (unpaired) electrons. The van der Waals surface area contributed by atoms with E-state index >= 15 is 0 Å². The standard InChI is InChI=1S/C10H22N4O/c1-2-7-14(8-10(15)13-11)9-3-5-12-6-4-9/h9,12H,2-8,11H2,1H3,(H,13,15). The minimum absolute atomic E-state index is 0.0954. The van der Waals surface area contributed by atoms with Gasteiger partial charge in [0.25, 0.3) is 0 Å². The van der Waals surface area contributed by atoms with Crippen LogP contribution in [-0.2, 0) is 4.79 Å². The van der Waals surface area contributed by atoms with E-state index in [0.717, 1.165) is 38.9 Å². The molecule has 1 rings (SSSR count). The summed E-state index contributed by atoms with van der Waals surface area (Å²) in [5, 5.41) is 3.33. The Balaban J connectivity index is 2.43. The maximum absolute atomic E-state index is 11.2. The van der Waals surface area contributed by atoms with Crippen LogP contribution in [0.2, 0.25) is 0 Å². The van der Waals surface area contributed by atoms with Crippen LogP contribution >= 0.6 is 0 Å². The molecule has 5 heteroatoms. The molecule has 1 aliphatic rings. The molecule has 0 aromatic heterocycles. The van der Waals surface area contributed by atoms with Crippen LogP contribution in [0.15, 0.2) is 0 Å². The van der Waals surface area contributed by atoms with Gasteiger partial charge in [0.2, 0.25) is 5.91 Å². The zero-order chi connectivity index (χ0) is 11.1. The molecule has 1 amide bonds. The van der Waals surface area contributed by atoms with Gasteiger partial charge in [-0.2, -0.15) is 0 Å². The monoisotopic (exact) mass is 214 g/mol. The number of amides is 1. The predicted octanol–water partition coefficient (Wildman–Crippen LogP) is -0.560. The van der Waals surface area contributed by atoms with Crippen molar-refractivity contribution in [1.29, 1.82) is 0 Å². The Morgan fingerprint density at radius 1 is 1.53 bits per heavy atom. The van der Waals surface area contributed by atoms with Crippen LogP contribution in [0.4, 0.5) is 0 Å². The average Bonchev–Trinajstić information content (AvgIpc) is 2.29. The lowest BCUT2D eigenvalue weighted by molar-refractivity contribution is -0.123. The van der Waals surface area contributed by atoms with Gasteiger partial charge >= 0.3 is 0 Å². The first-order valence-electron chi connectivity index (χ1n) is 5.72. The second kappa shape index (κ2) is 6.76. The summed E-state index contributed by atoms with van der Waals surface area (Å²) in [6.07, 6.45) is 3.32. The smallest absolute Gasteiger partial charge is 0.248 e. The molecule has 0 atom stereocenters. The minimum Gasteiger partial charge on any atom is -0.317 e. The maximum atomic E-state index is 11.2. The van der Waals surface area contributed by atoms with Gasteiger partial charge < -0.3 is 5.32 Å². The van der Waals surface area contributed by atoms with Gasteiger partial charge in [0.15, 0.2) is 0 Å². The van der Waals surface area contributed by atoms with Crippen LogP contribution in [-0.4, -0.2) is 43.0 Å². The number of hydrazine groups is 1. The summed E-state index contributed by atoms with van der Waals surface area (Å²) in [5.41, 5.74) is 2.20. The molecule has 88 valence electrons. The zero-order valence-electron chi connectivity index (χ0n) is 9.46. The molecular formula is C10H22N4O. The van der Waals surface area contributed by atoms with Gasteiger partial charge in [-0.05, 0) is 38.9 Å². The molecule has 4 N–H and O–H groups in total. The molecule has 1 heterocycles. The maximum Gasteiger partial charge on any atom is 0.248 e. The highest BCUT2D eigenvalue weighted by molar-refractivity contribution is 5.77. The number of carbonyl (C=O) groups excluding carboxylic acids is 1. The SMILES string of the molecule is CCCN(CC(=O)NN)C1CCNCC1. The number of piperidine rings is 1. The van der Waals surface area contributed by atoms with Crippen LogP contribution in [0.5, 0.6) is 0 Å². The molecule has 0 aliphatic carbocycles. The lowest BCUT2D eigenvalue weighted by Gasteiger charge is -2.33. The van der Waals surface area contributed by atoms with Crippen molar-refractivity contribution >= 4 is 5.91 Å². The third-order valence-electron chi connectivity index (χ3n) is 2.84. The van der Waals surface area contributed by atoms with Crippen molar-refractivity contribution in [2.24, 2.45) is 5.84 Å². The Morgan fingerprint density at radius 3 is 2.73 bits per heavy atom. The molecular weight excluding hydrogens is 192 g/mol. The highest BCUT2D eigenvalue weighted by Crippen LogP contribution is 2.11. The van der Waals surface area contributed by atoms with E-state index in [4.69, 9.17) is 5.84 Å². The van der Waals surface area contributed by atoms with Crippen molar-refractivity contribution in [1.82, 2.24) is 15.6 Å². The van der Waals surface area contributed by atoms with Crippen molar-refractivity contribution in [3.8, 4) is 0 Å². The van der Waals surface area contributed by atoms with Gasteiger partial charge in [0, 0.05) is 6.04 Å². The van der Waals surface area contributed by atoms with Gasteiger partial charge in [-0.25, -0.2) is 5.84 Å². The van der Waals surface area contributed by atoms with E-state index in [2.05, 4.69) is 22.6 Å². The lowest BCUT2D eigenvalue weighted by atomic mass is 10.0. The highest BCUT2D eigenvalue weighted by Gasteiger charge is 2.21. The van der Waals surface area contributed by atoms with Gasteiger partial charge in [-0.1, -0.05) is 6.92 Å². The number of nitrogens with one attached hydrogen (secondary N) is 2. The molecule has 0 aromatic carbocycles. The van der Waals surface area contributed by atoms with Crippen molar-refractivity contribution < 1.29 is 4.79 Å². The van der Waals surface area contributed by atoms with E-state index in [9.17, 15) is 4.79 Å². The van der Waals surface area contributed by atoms with E-state index in [1.54, 1.807) is 0 Å². The molecule has 0 bridgehead atoms. The Bertz CT molecular complexity index is 192. The largest absolute Gasteiger partial charge is 0.317 e. The summed E-state index contributed by atoms with van der Waals surface area (Å²) in [6, 6.07) is 0.531.